The fourth-order valence-electron chi connectivity index (χ4n) is 3.81. The Morgan fingerprint density at radius 2 is 1.65 bits per heavy atom. The number of aliphatic hydroxyl groups is 1. The van der Waals surface area contributed by atoms with Crippen LogP contribution in [0.15, 0.2) is 77.7 Å². The number of aliphatic hydroxyl groups excluding tert-OH is 1. The minimum Gasteiger partial charge on any atom is -0.508 e. The third-order valence-corrected chi connectivity index (χ3v) is 7.35. The zero-order valence-corrected chi connectivity index (χ0v) is 24.8. The molecule has 0 radical (unpaired) electrons. The van der Waals surface area contributed by atoms with Crippen molar-refractivity contribution in [2.24, 2.45) is 0 Å². The van der Waals surface area contributed by atoms with E-state index >= 15 is 0 Å². The first-order chi connectivity index (χ1) is 20.4. The second-order valence-corrected chi connectivity index (χ2v) is 11.9. The molecule has 1 amide bonds. The van der Waals surface area contributed by atoms with Gasteiger partial charge in [0.2, 0.25) is 11.6 Å². The summed E-state index contributed by atoms with van der Waals surface area (Å²) < 4.78 is 46.3. The molecule has 0 aliphatic heterocycles. The first-order valence-corrected chi connectivity index (χ1v) is 14.6. The lowest BCUT2D eigenvalue weighted by Crippen LogP contribution is -2.21. The normalized spacial score (nSPS) is 11.5. The molecule has 226 valence electrons. The van der Waals surface area contributed by atoms with Crippen molar-refractivity contribution in [3.63, 3.8) is 0 Å². The third kappa shape index (κ3) is 7.90. The summed E-state index contributed by atoms with van der Waals surface area (Å²) in [4.78, 5) is 21.5. The number of ether oxygens (including phenoxy) is 3. The van der Waals surface area contributed by atoms with Crippen molar-refractivity contribution in [1.29, 1.82) is 0 Å². The smallest absolute Gasteiger partial charge is 0.293 e. The number of sulfonamides is 1. The highest BCUT2D eigenvalue weighted by Crippen LogP contribution is 2.38. The monoisotopic (exact) mass is 608 g/mol. The van der Waals surface area contributed by atoms with Crippen LogP contribution in [-0.2, 0) is 15.4 Å². The topological polar surface area (TPSA) is 169 Å². The number of rotatable bonds is 11. The Morgan fingerprint density at radius 3 is 2.30 bits per heavy atom. The Morgan fingerprint density at radius 1 is 0.953 bits per heavy atom. The molecular weight excluding hydrogens is 576 g/mol. The second-order valence-electron chi connectivity index (χ2n) is 10.3. The number of carbonyl (C=O) groups excluding carboxylic acids is 1. The molecule has 0 aliphatic rings. The van der Waals surface area contributed by atoms with E-state index in [-0.39, 0.29) is 45.7 Å². The Hall–Kier alpha value is -4.88. The van der Waals surface area contributed by atoms with Crippen molar-refractivity contribution in [1.82, 2.24) is 9.97 Å². The lowest BCUT2D eigenvalue weighted by Gasteiger charge is -2.19. The van der Waals surface area contributed by atoms with E-state index in [0.29, 0.717) is 5.75 Å². The Labute approximate surface area is 249 Å². The molecule has 1 heterocycles. The third-order valence-electron chi connectivity index (χ3n) is 5.99. The van der Waals surface area contributed by atoms with E-state index in [1.807, 2.05) is 20.8 Å². The van der Waals surface area contributed by atoms with Gasteiger partial charge in [0.1, 0.15) is 23.9 Å². The summed E-state index contributed by atoms with van der Waals surface area (Å²) in [6.07, 6.45) is 0. The molecule has 13 heteroatoms. The molecule has 4 aromatic rings. The van der Waals surface area contributed by atoms with Gasteiger partial charge in [0.25, 0.3) is 21.8 Å². The number of phenolic OH excluding ortho intramolecular Hbond substituents is 1. The quantitative estimate of drug-likeness (QED) is 0.187. The van der Waals surface area contributed by atoms with Crippen LogP contribution in [0.25, 0.3) is 0 Å². The number of amides is 1. The predicted molar refractivity (Wildman–Crippen MR) is 160 cm³/mol. The fraction of sp³-hybridized carbons (Fsp3) is 0.233. The summed E-state index contributed by atoms with van der Waals surface area (Å²) in [5.41, 5.74) is 0.974. The standard InChI is InChI=1S/C30H32N4O8S/c1-30(2,3)19-11-13-24(14-12-19)43(38,39)34-26-25(42-23-10-6-9-22(18-23)40-4)29(41-16-15-35)33-27(32-26)28(37)31-20-7-5-8-21(36)17-20/h5-14,17-18,35-36H,15-16H2,1-4H3,(H,31,37)(H,32,33,34). The summed E-state index contributed by atoms with van der Waals surface area (Å²) in [7, 11) is -2.79. The van der Waals surface area contributed by atoms with Gasteiger partial charge >= 0.3 is 0 Å². The van der Waals surface area contributed by atoms with Crippen LogP contribution in [0.3, 0.4) is 0 Å². The van der Waals surface area contributed by atoms with Crippen LogP contribution >= 0.6 is 0 Å². The number of hydrogen-bond donors (Lipinski definition) is 4. The van der Waals surface area contributed by atoms with Crippen LogP contribution in [0.2, 0.25) is 0 Å². The highest BCUT2D eigenvalue weighted by Gasteiger charge is 2.27. The van der Waals surface area contributed by atoms with Gasteiger partial charge in [0, 0.05) is 17.8 Å². The van der Waals surface area contributed by atoms with Crippen molar-refractivity contribution in [3.05, 3.63) is 84.2 Å². The molecule has 4 N–H and O–H groups in total. The van der Waals surface area contributed by atoms with E-state index in [0.717, 1.165) is 5.56 Å². The van der Waals surface area contributed by atoms with Gasteiger partial charge in [-0.1, -0.05) is 45.0 Å². The molecule has 0 bridgehead atoms. The van der Waals surface area contributed by atoms with E-state index in [1.54, 1.807) is 36.4 Å². The van der Waals surface area contributed by atoms with Gasteiger partial charge in [-0.15, -0.1) is 0 Å². The molecule has 0 saturated carbocycles. The minimum atomic E-state index is -4.26. The molecule has 43 heavy (non-hydrogen) atoms. The Balaban J connectivity index is 1.81. The largest absolute Gasteiger partial charge is 0.508 e. The first kappa shape index (κ1) is 31.1. The molecule has 4 rings (SSSR count). The lowest BCUT2D eigenvalue weighted by atomic mass is 9.87. The highest BCUT2D eigenvalue weighted by molar-refractivity contribution is 7.92. The van der Waals surface area contributed by atoms with Gasteiger partial charge in [-0.05, 0) is 47.4 Å². The molecule has 3 aromatic carbocycles. The van der Waals surface area contributed by atoms with Crippen LogP contribution in [0.4, 0.5) is 11.5 Å². The predicted octanol–water partition coefficient (Wildman–Crippen LogP) is 4.70. The molecule has 1 aromatic heterocycles. The minimum absolute atomic E-state index is 0.0602. The molecule has 0 fully saturated rings. The maximum atomic E-state index is 13.5. The number of benzene rings is 3. The van der Waals surface area contributed by atoms with Crippen molar-refractivity contribution >= 4 is 27.4 Å². The number of hydrogen-bond acceptors (Lipinski definition) is 10. The van der Waals surface area contributed by atoms with Gasteiger partial charge < -0.3 is 29.7 Å². The number of aromatic nitrogens is 2. The summed E-state index contributed by atoms with van der Waals surface area (Å²) >= 11 is 0. The summed E-state index contributed by atoms with van der Waals surface area (Å²) in [5.74, 6) is -1.68. The molecule has 0 spiro atoms. The molecule has 12 nitrogen and oxygen atoms in total. The van der Waals surface area contributed by atoms with Crippen LogP contribution < -0.4 is 24.2 Å². The Bertz CT molecular complexity index is 1700. The number of phenols is 1. The van der Waals surface area contributed by atoms with Gasteiger partial charge in [-0.3, -0.25) is 9.52 Å². The SMILES string of the molecule is COc1cccc(Oc2c(NS(=O)(=O)c3ccc(C(C)(C)C)cc3)nc(C(=O)Nc3cccc(O)c3)nc2OCCO)c1. The molecule has 0 saturated heterocycles. The maximum Gasteiger partial charge on any atom is 0.293 e. The maximum absolute atomic E-state index is 13.5. The van der Waals surface area contributed by atoms with Gasteiger partial charge in [-0.2, -0.15) is 4.98 Å². The lowest BCUT2D eigenvalue weighted by molar-refractivity contribution is 0.101. The van der Waals surface area contributed by atoms with Crippen LogP contribution in [-0.4, -0.2) is 54.8 Å². The number of aromatic hydroxyl groups is 1. The van der Waals surface area contributed by atoms with E-state index in [1.165, 1.54) is 43.5 Å². The number of carbonyl (C=O) groups is 1. The van der Waals surface area contributed by atoms with Crippen molar-refractivity contribution in [2.75, 3.05) is 30.4 Å². The molecule has 0 unspecified atom stereocenters. The van der Waals surface area contributed by atoms with E-state index in [2.05, 4.69) is 20.0 Å². The molecule has 0 atom stereocenters. The molecular formula is C30H32N4O8S. The van der Waals surface area contributed by atoms with Gasteiger partial charge in [0.15, 0.2) is 5.82 Å². The number of nitrogens with one attached hydrogen (secondary N) is 2. The van der Waals surface area contributed by atoms with Crippen LogP contribution in [0.5, 0.6) is 28.9 Å². The zero-order valence-electron chi connectivity index (χ0n) is 24.0. The zero-order chi connectivity index (χ0) is 31.2. The van der Waals surface area contributed by atoms with Crippen molar-refractivity contribution < 1.29 is 37.6 Å². The summed E-state index contributed by atoms with van der Waals surface area (Å²) in [6, 6.07) is 18.6. The highest BCUT2D eigenvalue weighted by atomic mass is 32.2. The van der Waals surface area contributed by atoms with Crippen molar-refractivity contribution in [3.8, 4) is 28.9 Å². The average Bonchev–Trinajstić information content (AvgIpc) is 2.96. The Kier molecular flexibility index (Phi) is 9.37. The van der Waals surface area contributed by atoms with Crippen LogP contribution in [0.1, 0.15) is 37.0 Å². The second kappa shape index (κ2) is 13.0. The average molecular weight is 609 g/mol. The number of methoxy groups -OCH3 is 1. The first-order valence-electron chi connectivity index (χ1n) is 13.1. The van der Waals surface area contributed by atoms with E-state index in [9.17, 15) is 23.4 Å². The van der Waals surface area contributed by atoms with E-state index in [4.69, 9.17) is 14.2 Å². The number of anilines is 2. The van der Waals surface area contributed by atoms with E-state index < -0.39 is 34.2 Å². The van der Waals surface area contributed by atoms with Crippen molar-refractivity contribution in [2.45, 2.75) is 31.1 Å². The number of nitrogens with zero attached hydrogens (tertiary/aromatic N) is 2. The van der Waals surface area contributed by atoms with Gasteiger partial charge in [0.05, 0.1) is 18.6 Å². The fourth-order valence-corrected chi connectivity index (χ4v) is 4.81. The van der Waals surface area contributed by atoms with Gasteiger partial charge in [-0.25, -0.2) is 13.4 Å². The summed E-state index contributed by atoms with van der Waals surface area (Å²) in [6.45, 7) is 5.37. The van der Waals surface area contributed by atoms with Crippen LogP contribution in [0, 0.1) is 0 Å². The summed E-state index contributed by atoms with van der Waals surface area (Å²) in [5, 5.41) is 21.7. The molecule has 0 aliphatic carbocycles.